The summed E-state index contributed by atoms with van der Waals surface area (Å²) in [6.45, 7) is 3.66. The van der Waals surface area contributed by atoms with E-state index >= 15 is 0 Å². The molecule has 0 aliphatic carbocycles. The molecular formula is C25H27N5O3. The number of aliphatic imine (C=N–C) groups is 1. The molecule has 1 amide bonds. The van der Waals surface area contributed by atoms with Crippen LogP contribution in [-0.4, -0.2) is 44.6 Å². The van der Waals surface area contributed by atoms with Crippen LogP contribution in [0.2, 0.25) is 0 Å². The Morgan fingerprint density at radius 3 is 2.76 bits per heavy atom. The molecule has 3 N–H and O–H groups in total. The molecule has 0 unspecified atom stereocenters. The Kier molecular flexibility index (Phi) is 6.61. The quantitative estimate of drug-likeness (QED) is 0.680. The van der Waals surface area contributed by atoms with Crippen molar-refractivity contribution in [2.75, 3.05) is 25.1 Å². The summed E-state index contributed by atoms with van der Waals surface area (Å²) in [6.07, 6.45) is 4.28. The van der Waals surface area contributed by atoms with Gasteiger partial charge in [0.05, 0.1) is 24.4 Å². The standard InChI is InChI=1S/C25H27N5O3/c1-16-7-8-21-22(30(16)25(31)32-2)10-9-20(18(12-27)13-29-19-14-28-15-19)24(21)33-23-6-4-3-5-17(23)11-26/h3-6,9-10,12-13,16,19,28H,7-8,14-15,27H2,1-2H3/t16-/m0/s1. The van der Waals surface area contributed by atoms with Gasteiger partial charge in [-0.1, -0.05) is 12.1 Å². The van der Waals surface area contributed by atoms with Crippen LogP contribution in [0.3, 0.4) is 0 Å². The number of hydrogen-bond acceptors (Lipinski definition) is 7. The summed E-state index contributed by atoms with van der Waals surface area (Å²) >= 11 is 0. The van der Waals surface area contributed by atoms with Gasteiger partial charge < -0.3 is 20.5 Å². The van der Waals surface area contributed by atoms with Gasteiger partial charge in [-0.2, -0.15) is 5.26 Å². The lowest BCUT2D eigenvalue weighted by atomic mass is 9.92. The van der Waals surface area contributed by atoms with Gasteiger partial charge in [0, 0.05) is 48.2 Å². The number of hydrogen-bond donors (Lipinski definition) is 2. The van der Waals surface area contributed by atoms with Crippen molar-refractivity contribution in [2.24, 2.45) is 10.7 Å². The van der Waals surface area contributed by atoms with Crippen molar-refractivity contribution in [1.29, 1.82) is 5.26 Å². The monoisotopic (exact) mass is 445 g/mol. The first kappa shape index (κ1) is 22.4. The lowest BCUT2D eigenvalue weighted by Gasteiger charge is -2.35. The second-order valence-electron chi connectivity index (χ2n) is 8.09. The number of nitrogens with one attached hydrogen (secondary N) is 1. The number of nitriles is 1. The number of benzene rings is 2. The molecule has 2 aromatic carbocycles. The summed E-state index contributed by atoms with van der Waals surface area (Å²) in [5.74, 6) is 1.00. The molecule has 0 saturated carbocycles. The number of nitrogens with two attached hydrogens (primary N) is 1. The first-order valence-electron chi connectivity index (χ1n) is 10.9. The minimum atomic E-state index is -0.423. The molecule has 2 aliphatic rings. The second kappa shape index (κ2) is 9.76. The van der Waals surface area contributed by atoms with Gasteiger partial charge in [0.15, 0.2) is 0 Å². The highest BCUT2D eigenvalue weighted by molar-refractivity contribution is 6.11. The zero-order chi connectivity index (χ0) is 23.4. The van der Waals surface area contributed by atoms with E-state index in [2.05, 4.69) is 16.4 Å². The summed E-state index contributed by atoms with van der Waals surface area (Å²) in [5, 5.41) is 12.8. The van der Waals surface area contributed by atoms with E-state index < -0.39 is 6.09 Å². The number of amides is 1. The van der Waals surface area contributed by atoms with Crippen LogP contribution in [0.1, 0.15) is 30.0 Å². The number of para-hydroxylation sites is 1. The van der Waals surface area contributed by atoms with Crippen molar-refractivity contribution in [1.82, 2.24) is 5.32 Å². The number of fused-ring (bicyclic) bond motifs is 1. The van der Waals surface area contributed by atoms with Crippen molar-refractivity contribution in [3.05, 3.63) is 59.3 Å². The predicted molar refractivity (Wildman–Crippen MR) is 128 cm³/mol. The van der Waals surface area contributed by atoms with Gasteiger partial charge in [-0.05, 0) is 44.0 Å². The lowest BCUT2D eigenvalue weighted by molar-refractivity contribution is 0.175. The number of nitrogens with zero attached hydrogens (tertiary/aromatic N) is 3. The van der Waals surface area contributed by atoms with E-state index in [1.54, 1.807) is 29.3 Å². The van der Waals surface area contributed by atoms with E-state index in [4.69, 9.17) is 15.2 Å². The third-order valence-corrected chi connectivity index (χ3v) is 6.01. The molecular weight excluding hydrogens is 418 g/mol. The Morgan fingerprint density at radius 2 is 2.09 bits per heavy atom. The van der Waals surface area contributed by atoms with Gasteiger partial charge in [-0.15, -0.1) is 0 Å². The van der Waals surface area contributed by atoms with Crippen LogP contribution in [0.15, 0.2) is 47.6 Å². The highest BCUT2D eigenvalue weighted by Gasteiger charge is 2.32. The fourth-order valence-electron chi connectivity index (χ4n) is 4.05. The second-order valence-corrected chi connectivity index (χ2v) is 8.09. The number of carbonyl (C=O) groups is 1. The molecule has 4 rings (SSSR count). The third-order valence-electron chi connectivity index (χ3n) is 6.01. The van der Waals surface area contributed by atoms with Gasteiger partial charge in [0.2, 0.25) is 0 Å². The Hall–Kier alpha value is -3.83. The molecule has 1 saturated heterocycles. The minimum Gasteiger partial charge on any atom is -0.455 e. The van der Waals surface area contributed by atoms with E-state index in [9.17, 15) is 10.1 Å². The first-order valence-corrected chi connectivity index (χ1v) is 10.9. The van der Waals surface area contributed by atoms with E-state index in [1.165, 1.54) is 13.3 Å². The highest BCUT2D eigenvalue weighted by Crippen LogP contribution is 2.43. The normalized spacial score (nSPS) is 18.4. The predicted octanol–water partition coefficient (Wildman–Crippen LogP) is 3.60. The van der Waals surface area contributed by atoms with E-state index in [0.717, 1.165) is 36.3 Å². The molecule has 0 radical (unpaired) electrons. The van der Waals surface area contributed by atoms with Crippen LogP contribution in [0.4, 0.5) is 10.5 Å². The number of ether oxygens (including phenoxy) is 2. The fourth-order valence-corrected chi connectivity index (χ4v) is 4.05. The number of rotatable bonds is 5. The maximum atomic E-state index is 12.6. The molecule has 2 heterocycles. The Bertz CT molecular complexity index is 1150. The zero-order valence-corrected chi connectivity index (χ0v) is 18.7. The molecule has 2 aliphatic heterocycles. The van der Waals surface area contributed by atoms with Gasteiger partial charge in [-0.25, -0.2) is 4.79 Å². The molecule has 8 heteroatoms. The van der Waals surface area contributed by atoms with Crippen molar-refractivity contribution in [3.8, 4) is 17.6 Å². The minimum absolute atomic E-state index is 0.0211. The van der Waals surface area contributed by atoms with Crippen LogP contribution in [-0.2, 0) is 11.2 Å². The Labute approximate surface area is 193 Å². The summed E-state index contributed by atoms with van der Waals surface area (Å²) in [6, 6.07) is 13.2. The third kappa shape index (κ3) is 4.41. The lowest BCUT2D eigenvalue weighted by Crippen LogP contribution is -2.45. The average Bonchev–Trinajstić information content (AvgIpc) is 2.81. The van der Waals surface area contributed by atoms with Gasteiger partial charge in [0.25, 0.3) is 0 Å². The van der Waals surface area contributed by atoms with Crippen LogP contribution in [0.25, 0.3) is 5.57 Å². The molecule has 8 nitrogen and oxygen atoms in total. The molecule has 0 spiro atoms. The van der Waals surface area contributed by atoms with Crippen molar-refractivity contribution in [3.63, 3.8) is 0 Å². The maximum Gasteiger partial charge on any atom is 0.414 e. The van der Waals surface area contributed by atoms with Gasteiger partial charge >= 0.3 is 6.09 Å². The fraction of sp³-hybridized carbons (Fsp3) is 0.320. The topological polar surface area (TPSA) is 113 Å². The SMILES string of the molecule is COC(=O)N1c2ccc(C(C=NC3CNC3)=CN)c(Oc3ccccc3C#N)c2CC[C@@H]1C. The summed E-state index contributed by atoms with van der Waals surface area (Å²) in [5.41, 5.74) is 9.47. The number of anilines is 1. The van der Waals surface area contributed by atoms with Crippen LogP contribution in [0.5, 0.6) is 11.5 Å². The Morgan fingerprint density at radius 1 is 1.30 bits per heavy atom. The van der Waals surface area contributed by atoms with Crippen molar-refractivity contribution < 1.29 is 14.3 Å². The molecule has 1 fully saturated rings. The molecule has 1 atom stereocenters. The average molecular weight is 446 g/mol. The molecule has 0 bridgehead atoms. The first-order chi connectivity index (χ1) is 16.1. The van der Waals surface area contributed by atoms with Crippen molar-refractivity contribution in [2.45, 2.75) is 31.8 Å². The number of allylic oxidation sites excluding steroid dienone is 1. The zero-order valence-electron chi connectivity index (χ0n) is 18.7. The molecule has 2 aromatic rings. The molecule has 170 valence electrons. The highest BCUT2D eigenvalue weighted by atomic mass is 16.5. The summed E-state index contributed by atoms with van der Waals surface area (Å²) < 4.78 is 11.4. The Balaban J connectivity index is 1.85. The summed E-state index contributed by atoms with van der Waals surface area (Å²) in [4.78, 5) is 18.8. The van der Waals surface area contributed by atoms with E-state index in [0.29, 0.717) is 29.1 Å². The van der Waals surface area contributed by atoms with Crippen LogP contribution >= 0.6 is 0 Å². The summed E-state index contributed by atoms with van der Waals surface area (Å²) in [7, 11) is 1.37. The smallest absolute Gasteiger partial charge is 0.414 e. The van der Waals surface area contributed by atoms with Gasteiger partial charge in [0.1, 0.15) is 17.6 Å². The van der Waals surface area contributed by atoms with Crippen molar-refractivity contribution >= 4 is 23.6 Å². The maximum absolute atomic E-state index is 12.6. The molecule has 0 aromatic heterocycles. The molecule has 33 heavy (non-hydrogen) atoms. The number of methoxy groups -OCH3 is 1. The largest absolute Gasteiger partial charge is 0.455 e. The number of carbonyl (C=O) groups excluding carboxylic acids is 1. The van der Waals surface area contributed by atoms with Crippen LogP contribution < -0.4 is 20.7 Å². The van der Waals surface area contributed by atoms with Gasteiger partial charge in [-0.3, -0.25) is 9.89 Å². The van der Waals surface area contributed by atoms with Crippen LogP contribution in [0, 0.1) is 11.3 Å². The van der Waals surface area contributed by atoms with E-state index in [-0.39, 0.29) is 12.1 Å². The van der Waals surface area contributed by atoms with E-state index in [1.807, 2.05) is 25.1 Å².